The van der Waals surface area contributed by atoms with Crippen LogP contribution in [0.1, 0.15) is 36.0 Å². The number of aromatic carboxylic acids is 1. The first-order valence-electron chi connectivity index (χ1n) is 5.77. The number of ether oxygens (including phenoxy) is 1. The highest BCUT2D eigenvalue weighted by Crippen LogP contribution is 2.34. The highest BCUT2D eigenvalue weighted by atomic mass is 16.6. The second kappa shape index (κ2) is 5.03. The average molecular weight is 251 g/mol. The van der Waals surface area contributed by atoms with Crippen LogP contribution < -0.4 is 4.74 Å². The lowest BCUT2D eigenvalue weighted by molar-refractivity contribution is -0.386. The van der Waals surface area contributed by atoms with Crippen LogP contribution in [0, 0.1) is 10.1 Å². The van der Waals surface area contributed by atoms with E-state index in [1.54, 1.807) is 0 Å². The molecule has 6 heteroatoms. The summed E-state index contributed by atoms with van der Waals surface area (Å²) in [5.41, 5.74) is -0.799. The largest absolute Gasteiger partial charge is 0.483 e. The minimum absolute atomic E-state index is 0.0480. The molecule has 0 saturated heterocycles. The maximum atomic E-state index is 11.0. The molecule has 0 spiro atoms. The number of carboxylic acids is 1. The Balaban J connectivity index is 2.36. The minimum atomic E-state index is -1.32. The average Bonchev–Trinajstić information content (AvgIpc) is 2.81. The SMILES string of the molecule is O=C(O)c1cccc(OC2CCCC2)c1[N+](=O)[O-]. The molecule has 1 N–H and O–H groups in total. The van der Waals surface area contributed by atoms with Gasteiger partial charge in [-0.05, 0) is 37.8 Å². The summed E-state index contributed by atoms with van der Waals surface area (Å²) in [4.78, 5) is 21.2. The number of nitro groups is 1. The number of hydrogen-bond donors (Lipinski definition) is 1. The fourth-order valence-electron chi connectivity index (χ4n) is 2.16. The molecule has 0 aliphatic heterocycles. The summed E-state index contributed by atoms with van der Waals surface area (Å²) in [6.45, 7) is 0. The van der Waals surface area contributed by atoms with Gasteiger partial charge in [-0.15, -0.1) is 0 Å². The molecule has 0 unspecified atom stereocenters. The zero-order chi connectivity index (χ0) is 13.1. The molecular weight excluding hydrogens is 238 g/mol. The van der Waals surface area contributed by atoms with E-state index in [9.17, 15) is 14.9 Å². The van der Waals surface area contributed by atoms with E-state index in [2.05, 4.69) is 0 Å². The van der Waals surface area contributed by atoms with Crippen LogP contribution in [0.25, 0.3) is 0 Å². The zero-order valence-corrected chi connectivity index (χ0v) is 9.67. The van der Waals surface area contributed by atoms with Gasteiger partial charge in [-0.1, -0.05) is 6.07 Å². The van der Waals surface area contributed by atoms with Crippen LogP contribution in [0.15, 0.2) is 18.2 Å². The Labute approximate surface area is 103 Å². The molecule has 1 fully saturated rings. The third kappa shape index (κ3) is 2.42. The Kier molecular flexibility index (Phi) is 3.45. The van der Waals surface area contributed by atoms with Gasteiger partial charge < -0.3 is 9.84 Å². The Morgan fingerprint density at radius 3 is 2.61 bits per heavy atom. The summed E-state index contributed by atoms with van der Waals surface area (Å²) in [7, 11) is 0. The maximum absolute atomic E-state index is 11.0. The van der Waals surface area contributed by atoms with Crippen LogP contribution in [0.3, 0.4) is 0 Å². The molecule has 0 aromatic heterocycles. The summed E-state index contributed by atoms with van der Waals surface area (Å²) in [5.74, 6) is -1.27. The van der Waals surface area contributed by atoms with Gasteiger partial charge in [0.05, 0.1) is 11.0 Å². The molecule has 0 atom stereocenters. The summed E-state index contributed by atoms with van der Waals surface area (Å²) < 4.78 is 5.55. The van der Waals surface area contributed by atoms with Crippen LogP contribution in [-0.4, -0.2) is 22.1 Å². The fraction of sp³-hybridized carbons (Fsp3) is 0.417. The molecule has 1 aromatic carbocycles. The van der Waals surface area contributed by atoms with E-state index in [1.165, 1.54) is 18.2 Å². The van der Waals surface area contributed by atoms with E-state index in [4.69, 9.17) is 9.84 Å². The van der Waals surface area contributed by atoms with Crippen molar-refractivity contribution in [1.82, 2.24) is 0 Å². The molecule has 2 rings (SSSR count). The van der Waals surface area contributed by atoms with E-state index in [1.807, 2.05) is 0 Å². The van der Waals surface area contributed by atoms with Crippen molar-refractivity contribution in [2.45, 2.75) is 31.8 Å². The highest BCUT2D eigenvalue weighted by Gasteiger charge is 2.27. The minimum Gasteiger partial charge on any atom is -0.483 e. The molecule has 1 saturated carbocycles. The van der Waals surface area contributed by atoms with E-state index in [0.717, 1.165) is 25.7 Å². The topological polar surface area (TPSA) is 89.7 Å². The molecule has 1 aliphatic rings. The number of nitro benzene ring substituents is 1. The molecule has 18 heavy (non-hydrogen) atoms. The van der Waals surface area contributed by atoms with Crippen LogP contribution in [-0.2, 0) is 0 Å². The second-order valence-electron chi connectivity index (χ2n) is 4.24. The van der Waals surface area contributed by atoms with Crippen molar-refractivity contribution in [2.75, 3.05) is 0 Å². The Morgan fingerprint density at radius 1 is 1.39 bits per heavy atom. The van der Waals surface area contributed by atoms with E-state index < -0.39 is 16.6 Å². The van der Waals surface area contributed by atoms with Crippen LogP contribution in [0.2, 0.25) is 0 Å². The van der Waals surface area contributed by atoms with Crippen molar-refractivity contribution < 1.29 is 19.6 Å². The molecule has 1 aromatic rings. The first kappa shape index (κ1) is 12.3. The van der Waals surface area contributed by atoms with E-state index >= 15 is 0 Å². The van der Waals surface area contributed by atoms with Gasteiger partial charge in [0.25, 0.3) is 0 Å². The van der Waals surface area contributed by atoms with Crippen LogP contribution >= 0.6 is 0 Å². The van der Waals surface area contributed by atoms with Gasteiger partial charge in [0.1, 0.15) is 5.56 Å². The highest BCUT2D eigenvalue weighted by molar-refractivity contribution is 5.93. The Morgan fingerprint density at radius 2 is 2.06 bits per heavy atom. The normalized spacial score (nSPS) is 15.6. The molecule has 6 nitrogen and oxygen atoms in total. The van der Waals surface area contributed by atoms with Gasteiger partial charge >= 0.3 is 11.7 Å². The van der Waals surface area contributed by atoms with Crippen molar-refractivity contribution in [2.24, 2.45) is 0 Å². The zero-order valence-electron chi connectivity index (χ0n) is 9.67. The van der Waals surface area contributed by atoms with Crippen LogP contribution in [0.4, 0.5) is 5.69 Å². The van der Waals surface area contributed by atoms with Crippen molar-refractivity contribution in [3.8, 4) is 5.75 Å². The Hall–Kier alpha value is -2.11. The first-order chi connectivity index (χ1) is 8.59. The number of nitrogens with zero attached hydrogens (tertiary/aromatic N) is 1. The predicted molar refractivity (Wildman–Crippen MR) is 62.9 cm³/mol. The van der Waals surface area contributed by atoms with Gasteiger partial charge in [-0.25, -0.2) is 4.79 Å². The number of carboxylic acid groups (broad SMARTS) is 1. The fourth-order valence-corrected chi connectivity index (χ4v) is 2.16. The van der Waals surface area contributed by atoms with E-state index in [-0.39, 0.29) is 17.4 Å². The molecule has 0 radical (unpaired) electrons. The molecule has 96 valence electrons. The molecule has 0 heterocycles. The second-order valence-corrected chi connectivity index (χ2v) is 4.24. The number of hydrogen-bond acceptors (Lipinski definition) is 4. The van der Waals surface area contributed by atoms with Gasteiger partial charge in [0.2, 0.25) is 0 Å². The van der Waals surface area contributed by atoms with Crippen molar-refractivity contribution in [1.29, 1.82) is 0 Å². The van der Waals surface area contributed by atoms with Gasteiger partial charge in [-0.2, -0.15) is 0 Å². The molecular formula is C12H13NO5. The van der Waals surface area contributed by atoms with Crippen molar-refractivity contribution >= 4 is 11.7 Å². The predicted octanol–water partition coefficient (Wildman–Crippen LogP) is 2.61. The summed E-state index contributed by atoms with van der Waals surface area (Å²) in [6.07, 6.45) is 3.74. The number of para-hydroxylation sites is 1. The lowest BCUT2D eigenvalue weighted by atomic mass is 10.1. The molecule has 0 amide bonds. The van der Waals surface area contributed by atoms with Crippen molar-refractivity contribution in [3.63, 3.8) is 0 Å². The monoisotopic (exact) mass is 251 g/mol. The summed E-state index contributed by atoms with van der Waals surface area (Å²) in [6, 6.07) is 4.12. The summed E-state index contributed by atoms with van der Waals surface area (Å²) in [5, 5.41) is 19.9. The molecule has 0 bridgehead atoms. The quantitative estimate of drug-likeness (QED) is 0.656. The smallest absolute Gasteiger partial charge is 0.342 e. The lowest BCUT2D eigenvalue weighted by Crippen LogP contribution is -2.13. The third-order valence-electron chi connectivity index (χ3n) is 3.01. The number of rotatable bonds is 4. The number of benzene rings is 1. The van der Waals surface area contributed by atoms with E-state index in [0.29, 0.717) is 0 Å². The Bertz CT molecular complexity index is 479. The lowest BCUT2D eigenvalue weighted by Gasteiger charge is -2.13. The van der Waals surface area contributed by atoms with Gasteiger partial charge in [0.15, 0.2) is 5.75 Å². The van der Waals surface area contributed by atoms with Crippen LogP contribution in [0.5, 0.6) is 5.75 Å². The number of carbonyl (C=O) groups is 1. The molecule has 1 aliphatic carbocycles. The first-order valence-corrected chi connectivity index (χ1v) is 5.77. The van der Waals surface area contributed by atoms with Crippen molar-refractivity contribution in [3.05, 3.63) is 33.9 Å². The maximum Gasteiger partial charge on any atom is 0.342 e. The standard InChI is InChI=1S/C12H13NO5/c14-12(15)9-6-3-7-10(11(9)13(16)17)18-8-4-1-2-5-8/h3,6-8H,1-2,4-5H2,(H,14,15). The summed E-state index contributed by atoms with van der Waals surface area (Å²) >= 11 is 0. The third-order valence-corrected chi connectivity index (χ3v) is 3.01. The van der Waals surface area contributed by atoms with Gasteiger partial charge in [0, 0.05) is 0 Å². The van der Waals surface area contributed by atoms with Gasteiger partial charge in [-0.3, -0.25) is 10.1 Å².